The summed E-state index contributed by atoms with van der Waals surface area (Å²) >= 11 is 5.83. The van der Waals surface area contributed by atoms with Crippen molar-refractivity contribution in [2.75, 3.05) is 4.90 Å². The molecule has 2 aromatic heterocycles. The van der Waals surface area contributed by atoms with Crippen molar-refractivity contribution in [1.82, 2.24) is 10.3 Å². The molecule has 36 heavy (non-hydrogen) atoms. The molecule has 6 rings (SSSR count). The van der Waals surface area contributed by atoms with E-state index >= 15 is 0 Å². The fourth-order valence-electron chi connectivity index (χ4n) is 4.49. The number of anilines is 1. The van der Waals surface area contributed by atoms with E-state index in [2.05, 4.69) is 15.2 Å². The van der Waals surface area contributed by atoms with Crippen molar-refractivity contribution in [3.63, 3.8) is 0 Å². The maximum Gasteiger partial charge on any atom is 0.174 e. The fourth-order valence-corrected chi connectivity index (χ4v) is 4.84. The van der Waals surface area contributed by atoms with Gasteiger partial charge in [-0.2, -0.15) is 0 Å². The molecule has 1 aliphatic rings. The maximum atomic E-state index is 6.41. The predicted octanol–water partition coefficient (Wildman–Crippen LogP) is 7.31. The zero-order valence-corrected chi connectivity index (χ0v) is 20.1. The summed E-state index contributed by atoms with van der Waals surface area (Å²) in [6.45, 7) is 0. The number of nitrogens with one attached hydrogen (secondary N) is 1. The van der Waals surface area contributed by atoms with E-state index in [0.29, 0.717) is 5.11 Å². The first-order valence-electron chi connectivity index (χ1n) is 11.7. The summed E-state index contributed by atoms with van der Waals surface area (Å²) in [5.74, 6) is 3.17. The van der Waals surface area contributed by atoms with Crippen LogP contribution in [-0.2, 0) is 0 Å². The van der Waals surface area contributed by atoms with E-state index in [4.69, 9.17) is 21.4 Å². The lowest BCUT2D eigenvalue weighted by Crippen LogP contribution is -2.29. The predicted molar refractivity (Wildman–Crippen MR) is 145 cm³/mol. The van der Waals surface area contributed by atoms with Gasteiger partial charge < -0.3 is 19.4 Å². The van der Waals surface area contributed by atoms with Crippen LogP contribution in [0.5, 0.6) is 11.5 Å². The molecule has 0 amide bonds. The summed E-state index contributed by atoms with van der Waals surface area (Å²) < 4.78 is 12.4. The quantitative estimate of drug-likeness (QED) is 0.252. The van der Waals surface area contributed by atoms with Crippen molar-refractivity contribution in [3.8, 4) is 22.8 Å². The third kappa shape index (κ3) is 4.34. The smallest absolute Gasteiger partial charge is 0.174 e. The van der Waals surface area contributed by atoms with E-state index in [0.717, 1.165) is 40.0 Å². The highest BCUT2D eigenvalue weighted by Gasteiger charge is 2.42. The number of hydrogen-bond donors (Lipinski definition) is 1. The molecule has 3 heterocycles. The Hall–Kier alpha value is -4.42. The lowest BCUT2D eigenvalue weighted by molar-refractivity contribution is 0.439. The molecule has 0 saturated carbocycles. The first kappa shape index (κ1) is 22.1. The number of para-hydroxylation sites is 1. The normalized spacial score (nSPS) is 17.1. The van der Waals surface area contributed by atoms with Crippen molar-refractivity contribution < 1.29 is 9.15 Å². The van der Waals surface area contributed by atoms with Crippen LogP contribution in [-0.4, -0.2) is 10.1 Å². The summed E-state index contributed by atoms with van der Waals surface area (Å²) in [6.07, 6.45) is 1.80. The fraction of sp³-hybridized carbons (Fsp3) is 0.0667. The molecule has 0 radical (unpaired) electrons. The van der Waals surface area contributed by atoms with E-state index in [9.17, 15) is 0 Å². The molecule has 0 unspecified atom stereocenters. The van der Waals surface area contributed by atoms with Crippen LogP contribution < -0.4 is 15.0 Å². The van der Waals surface area contributed by atoms with E-state index < -0.39 is 0 Å². The molecule has 5 aromatic rings. The van der Waals surface area contributed by atoms with Gasteiger partial charge in [0, 0.05) is 17.4 Å². The van der Waals surface area contributed by atoms with Crippen molar-refractivity contribution in [2.45, 2.75) is 12.1 Å². The summed E-state index contributed by atoms with van der Waals surface area (Å²) in [7, 11) is 0. The van der Waals surface area contributed by atoms with E-state index in [1.54, 1.807) is 6.20 Å². The molecule has 0 aliphatic carbocycles. The standard InChI is InChI=1S/C30H23N3O2S/c36-30-32-28(25-13-7-8-20-31-25)29(27-19-18-26(35-27)21-9-3-1-4-10-21)33(30)22-14-16-24(17-15-22)34-23-11-5-2-6-12-23/h1-20,28-29H,(H,32,36)/t28-,29-/m0/s1. The Bertz CT molecular complexity index is 1450. The highest BCUT2D eigenvalue weighted by atomic mass is 32.1. The monoisotopic (exact) mass is 489 g/mol. The zero-order chi connectivity index (χ0) is 24.3. The van der Waals surface area contributed by atoms with Crippen LogP contribution in [0.4, 0.5) is 5.69 Å². The Morgan fingerprint density at radius 3 is 2.17 bits per heavy atom. The molecule has 0 spiro atoms. The number of nitrogens with zero attached hydrogens (tertiary/aromatic N) is 2. The van der Waals surface area contributed by atoms with Gasteiger partial charge in [0.2, 0.25) is 0 Å². The van der Waals surface area contributed by atoms with Gasteiger partial charge in [-0.15, -0.1) is 0 Å². The Labute approximate surface area is 215 Å². The van der Waals surface area contributed by atoms with Gasteiger partial charge in [0.25, 0.3) is 0 Å². The van der Waals surface area contributed by atoms with Gasteiger partial charge in [0.1, 0.15) is 29.1 Å². The molecular weight excluding hydrogens is 466 g/mol. The van der Waals surface area contributed by atoms with Crippen LogP contribution in [0.25, 0.3) is 11.3 Å². The van der Waals surface area contributed by atoms with Gasteiger partial charge in [0.05, 0.1) is 11.7 Å². The molecule has 176 valence electrons. The molecule has 1 N–H and O–H groups in total. The van der Waals surface area contributed by atoms with E-state index in [-0.39, 0.29) is 12.1 Å². The lowest BCUT2D eigenvalue weighted by atomic mass is 10.0. The van der Waals surface area contributed by atoms with Crippen molar-refractivity contribution in [3.05, 3.63) is 133 Å². The molecule has 1 aliphatic heterocycles. The summed E-state index contributed by atoms with van der Waals surface area (Å²) in [6, 6.07) is 37.3. The SMILES string of the molecule is S=C1N[C@@H](c2ccccn2)[C@H](c2ccc(-c3ccccc3)o2)N1c1ccc(Oc2ccccc2)cc1. The van der Waals surface area contributed by atoms with Gasteiger partial charge in [-0.3, -0.25) is 4.98 Å². The van der Waals surface area contributed by atoms with Crippen LogP contribution in [0, 0.1) is 0 Å². The Kier molecular flexibility index (Phi) is 5.93. The zero-order valence-electron chi connectivity index (χ0n) is 19.3. The number of rotatable bonds is 6. The van der Waals surface area contributed by atoms with Crippen LogP contribution in [0.15, 0.2) is 126 Å². The number of furan rings is 1. The number of benzene rings is 3. The average molecular weight is 490 g/mol. The van der Waals surface area contributed by atoms with Crippen molar-refractivity contribution in [1.29, 1.82) is 0 Å². The number of ether oxygens (including phenoxy) is 1. The van der Waals surface area contributed by atoms with Crippen molar-refractivity contribution in [2.24, 2.45) is 0 Å². The first-order chi connectivity index (χ1) is 17.8. The molecule has 1 saturated heterocycles. The van der Waals surface area contributed by atoms with Gasteiger partial charge in [-0.1, -0.05) is 54.6 Å². The van der Waals surface area contributed by atoms with Gasteiger partial charge >= 0.3 is 0 Å². The molecule has 3 aromatic carbocycles. The van der Waals surface area contributed by atoms with Crippen LogP contribution >= 0.6 is 12.2 Å². The minimum atomic E-state index is -0.217. The molecule has 2 atom stereocenters. The number of hydrogen-bond acceptors (Lipinski definition) is 4. The minimum absolute atomic E-state index is 0.172. The Balaban J connectivity index is 1.36. The minimum Gasteiger partial charge on any atom is -0.459 e. The van der Waals surface area contributed by atoms with Crippen LogP contribution in [0.2, 0.25) is 0 Å². The van der Waals surface area contributed by atoms with Gasteiger partial charge in [0.15, 0.2) is 5.11 Å². The average Bonchev–Trinajstić information content (AvgIpc) is 3.56. The van der Waals surface area contributed by atoms with E-state index in [1.807, 2.05) is 115 Å². The number of pyridine rings is 1. The molecule has 5 nitrogen and oxygen atoms in total. The third-order valence-corrected chi connectivity index (χ3v) is 6.48. The number of thiocarbonyl (C=S) groups is 1. The first-order valence-corrected chi connectivity index (χ1v) is 12.2. The topological polar surface area (TPSA) is 50.5 Å². The van der Waals surface area contributed by atoms with E-state index in [1.165, 1.54) is 0 Å². The largest absolute Gasteiger partial charge is 0.459 e. The maximum absolute atomic E-state index is 6.41. The number of aromatic nitrogens is 1. The summed E-state index contributed by atoms with van der Waals surface area (Å²) in [5, 5.41) is 4.09. The third-order valence-electron chi connectivity index (χ3n) is 6.17. The lowest BCUT2D eigenvalue weighted by Gasteiger charge is -2.26. The second kappa shape index (κ2) is 9.68. The molecule has 1 fully saturated rings. The van der Waals surface area contributed by atoms with Gasteiger partial charge in [-0.05, 0) is 72.9 Å². The van der Waals surface area contributed by atoms with Gasteiger partial charge in [-0.25, -0.2) is 0 Å². The summed E-state index contributed by atoms with van der Waals surface area (Å²) in [4.78, 5) is 6.71. The Morgan fingerprint density at radius 2 is 1.44 bits per heavy atom. The second-order valence-corrected chi connectivity index (χ2v) is 8.86. The molecular formula is C30H23N3O2S. The summed E-state index contributed by atoms with van der Waals surface area (Å²) in [5.41, 5.74) is 2.86. The molecule has 6 heteroatoms. The highest BCUT2D eigenvalue weighted by molar-refractivity contribution is 7.80. The van der Waals surface area contributed by atoms with Crippen LogP contribution in [0.1, 0.15) is 23.5 Å². The van der Waals surface area contributed by atoms with Crippen molar-refractivity contribution >= 4 is 23.0 Å². The Morgan fingerprint density at radius 1 is 0.750 bits per heavy atom. The second-order valence-electron chi connectivity index (χ2n) is 8.47. The molecule has 0 bridgehead atoms. The van der Waals surface area contributed by atoms with Crippen LogP contribution in [0.3, 0.4) is 0 Å². The highest BCUT2D eigenvalue weighted by Crippen LogP contribution is 2.43.